The largest absolute Gasteiger partial charge is 0.389 e. The number of nitrogens with zero attached hydrogens (tertiary/aromatic N) is 1. The zero-order valence-electron chi connectivity index (χ0n) is 8.20. The Balaban J connectivity index is 2.46. The first-order valence-electron chi connectivity index (χ1n) is 4.78. The highest BCUT2D eigenvalue weighted by Crippen LogP contribution is 2.32. The number of aryl methyl sites for hydroxylation is 1. The minimum absolute atomic E-state index is 0.316. The predicted octanol–water partition coefficient (Wildman–Crippen LogP) is 1.51. The van der Waals surface area contributed by atoms with Crippen LogP contribution in [0.3, 0.4) is 0 Å². The fourth-order valence-corrected chi connectivity index (χ4v) is 1.91. The van der Waals surface area contributed by atoms with Gasteiger partial charge in [-0.3, -0.25) is 0 Å². The molecule has 0 amide bonds. The Labute approximate surface area is 83.3 Å². The molecule has 1 atom stereocenters. The molecule has 0 aromatic carbocycles. The van der Waals surface area contributed by atoms with Crippen LogP contribution in [0.5, 0.6) is 0 Å². The molecular formula is C11H14N2O. The Morgan fingerprint density at radius 3 is 2.93 bits per heavy atom. The maximum Gasteiger partial charge on any atom is 0.131 e. The van der Waals surface area contributed by atoms with Crippen molar-refractivity contribution in [3.05, 3.63) is 29.5 Å². The highest BCUT2D eigenvalue weighted by atomic mass is 16.3. The molecule has 0 fully saturated rings. The number of nitrogen functional groups attached to an aromatic ring is 1. The smallest absolute Gasteiger partial charge is 0.131 e. The second-order valence-corrected chi connectivity index (χ2v) is 3.69. The maximum absolute atomic E-state index is 9.41. The van der Waals surface area contributed by atoms with Crippen LogP contribution in [-0.2, 0) is 0 Å². The molecule has 1 heterocycles. The number of anilines is 1. The number of aliphatic hydroxyl groups is 1. The zero-order valence-corrected chi connectivity index (χ0v) is 8.20. The number of nitrogens with two attached hydrogens (primary N) is 1. The van der Waals surface area contributed by atoms with Gasteiger partial charge in [-0.05, 0) is 37.0 Å². The number of aromatic nitrogens is 1. The summed E-state index contributed by atoms with van der Waals surface area (Å²) in [5.74, 6) is 0.561. The fourth-order valence-electron chi connectivity index (χ4n) is 1.91. The van der Waals surface area contributed by atoms with Crippen LogP contribution in [0.2, 0.25) is 0 Å². The number of hydrogen-bond donors (Lipinski definition) is 2. The van der Waals surface area contributed by atoms with E-state index in [9.17, 15) is 5.11 Å². The number of hydrogen-bond acceptors (Lipinski definition) is 3. The van der Waals surface area contributed by atoms with Gasteiger partial charge in [-0.25, -0.2) is 4.98 Å². The summed E-state index contributed by atoms with van der Waals surface area (Å²) in [6, 6.07) is 1.94. The highest BCUT2D eigenvalue weighted by molar-refractivity contribution is 5.76. The summed E-state index contributed by atoms with van der Waals surface area (Å²) in [4.78, 5) is 4.06. The lowest BCUT2D eigenvalue weighted by Gasteiger charge is -2.08. The Kier molecular flexibility index (Phi) is 2.25. The summed E-state index contributed by atoms with van der Waals surface area (Å²) in [5.41, 5.74) is 9.07. The minimum atomic E-state index is -0.316. The van der Waals surface area contributed by atoms with Gasteiger partial charge in [0.25, 0.3) is 0 Å². The average Bonchev–Trinajstić information content (AvgIpc) is 2.51. The minimum Gasteiger partial charge on any atom is -0.389 e. The molecule has 1 aromatic rings. The van der Waals surface area contributed by atoms with Crippen molar-refractivity contribution in [2.45, 2.75) is 25.9 Å². The first-order valence-corrected chi connectivity index (χ1v) is 4.78. The molecule has 0 spiro atoms. The van der Waals surface area contributed by atoms with Crippen molar-refractivity contribution in [1.82, 2.24) is 4.98 Å². The summed E-state index contributed by atoms with van der Waals surface area (Å²) in [7, 11) is 0. The molecule has 0 saturated carbocycles. The molecular weight excluding hydrogens is 176 g/mol. The van der Waals surface area contributed by atoms with Gasteiger partial charge < -0.3 is 10.8 Å². The van der Waals surface area contributed by atoms with Crippen LogP contribution < -0.4 is 5.73 Å². The molecule has 1 aromatic heterocycles. The molecule has 1 unspecified atom stereocenters. The van der Waals surface area contributed by atoms with Gasteiger partial charge in [-0.2, -0.15) is 0 Å². The van der Waals surface area contributed by atoms with E-state index in [0.717, 1.165) is 29.5 Å². The number of aliphatic hydroxyl groups excluding tert-OH is 1. The first kappa shape index (κ1) is 9.21. The quantitative estimate of drug-likeness (QED) is 0.705. The van der Waals surface area contributed by atoms with Crippen molar-refractivity contribution >= 4 is 11.4 Å². The Bertz CT molecular complexity index is 365. The Hall–Kier alpha value is -1.35. The molecule has 0 saturated heterocycles. The van der Waals surface area contributed by atoms with Crippen LogP contribution in [0, 0.1) is 6.92 Å². The number of pyridine rings is 1. The molecule has 74 valence electrons. The molecule has 2 rings (SSSR count). The molecule has 3 nitrogen and oxygen atoms in total. The van der Waals surface area contributed by atoms with Crippen molar-refractivity contribution < 1.29 is 5.11 Å². The molecule has 0 radical (unpaired) electrons. The van der Waals surface area contributed by atoms with Gasteiger partial charge in [-0.1, -0.05) is 6.08 Å². The molecule has 0 bridgehead atoms. The van der Waals surface area contributed by atoms with Gasteiger partial charge >= 0.3 is 0 Å². The van der Waals surface area contributed by atoms with Crippen molar-refractivity contribution in [1.29, 1.82) is 0 Å². The van der Waals surface area contributed by atoms with Gasteiger partial charge in [0.2, 0.25) is 0 Å². The highest BCUT2D eigenvalue weighted by Gasteiger charge is 2.17. The van der Waals surface area contributed by atoms with E-state index >= 15 is 0 Å². The van der Waals surface area contributed by atoms with Crippen molar-refractivity contribution in [2.75, 3.05) is 5.73 Å². The number of allylic oxidation sites excluding steroid dienone is 1. The lowest BCUT2D eigenvalue weighted by molar-refractivity contribution is 0.223. The summed E-state index contributed by atoms with van der Waals surface area (Å²) < 4.78 is 0. The van der Waals surface area contributed by atoms with Crippen molar-refractivity contribution in [3.8, 4) is 0 Å². The van der Waals surface area contributed by atoms with Gasteiger partial charge in [0.05, 0.1) is 6.10 Å². The van der Waals surface area contributed by atoms with Crippen LogP contribution in [0.15, 0.2) is 18.3 Å². The van der Waals surface area contributed by atoms with E-state index in [1.54, 1.807) is 6.20 Å². The topological polar surface area (TPSA) is 59.1 Å². The first-order chi connectivity index (χ1) is 6.68. The normalized spacial score (nSPS) is 21.0. The second-order valence-electron chi connectivity index (χ2n) is 3.69. The number of rotatable bonds is 1. The van der Waals surface area contributed by atoms with Crippen molar-refractivity contribution in [2.24, 2.45) is 0 Å². The van der Waals surface area contributed by atoms with Crippen LogP contribution in [-0.4, -0.2) is 16.2 Å². The van der Waals surface area contributed by atoms with Crippen LogP contribution in [0.25, 0.3) is 5.57 Å². The van der Waals surface area contributed by atoms with Crippen LogP contribution >= 0.6 is 0 Å². The lowest BCUT2D eigenvalue weighted by Crippen LogP contribution is -1.98. The van der Waals surface area contributed by atoms with E-state index < -0.39 is 0 Å². The average molecular weight is 190 g/mol. The van der Waals surface area contributed by atoms with Gasteiger partial charge in [0, 0.05) is 11.8 Å². The van der Waals surface area contributed by atoms with E-state index in [1.807, 2.05) is 19.1 Å². The lowest BCUT2D eigenvalue weighted by atomic mass is 10.0. The Morgan fingerprint density at radius 2 is 2.36 bits per heavy atom. The molecule has 1 aliphatic rings. The maximum atomic E-state index is 9.41. The van der Waals surface area contributed by atoms with Gasteiger partial charge in [0.1, 0.15) is 5.82 Å². The molecule has 0 aliphatic heterocycles. The fraction of sp³-hybridized carbons (Fsp3) is 0.364. The molecule has 1 aliphatic carbocycles. The van der Waals surface area contributed by atoms with E-state index in [2.05, 4.69) is 4.98 Å². The van der Waals surface area contributed by atoms with Gasteiger partial charge in [0.15, 0.2) is 0 Å². The van der Waals surface area contributed by atoms with Crippen molar-refractivity contribution in [3.63, 3.8) is 0 Å². The van der Waals surface area contributed by atoms with Crippen LogP contribution in [0.4, 0.5) is 5.82 Å². The van der Waals surface area contributed by atoms with E-state index in [0.29, 0.717) is 5.82 Å². The second kappa shape index (κ2) is 3.42. The monoisotopic (exact) mass is 190 g/mol. The zero-order chi connectivity index (χ0) is 10.1. The summed E-state index contributed by atoms with van der Waals surface area (Å²) in [6.45, 7) is 2.01. The van der Waals surface area contributed by atoms with E-state index in [-0.39, 0.29) is 6.10 Å². The summed E-state index contributed by atoms with van der Waals surface area (Å²) in [5, 5.41) is 9.41. The molecule has 3 heteroatoms. The third-order valence-corrected chi connectivity index (χ3v) is 2.61. The third-order valence-electron chi connectivity index (χ3n) is 2.61. The predicted molar refractivity (Wildman–Crippen MR) is 56.6 cm³/mol. The van der Waals surface area contributed by atoms with E-state index in [4.69, 9.17) is 5.73 Å². The third kappa shape index (κ3) is 1.51. The summed E-state index contributed by atoms with van der Waals surface area (Å²) in [6.07, 6.45) is 4.95. The molecule has 14 heavy (non-hydrogen) atoms. The van der Waals surface area contributed by atoms with Gasteiger partial charge in [-0.15, -0.1) is 0 Å². The SMILES string of the molecule is Cc1ccnc(N)c1C1=CC(O)CC1. The van der Waals surface area contributed by atoms with E-state index in [1.165, 1.54) is 0 Å². The Morgan fingerprint density at radius 1 is 1.57 bits per heavy atom. The molecule has 3 N–H and O–H groups in total. The standard InChI is InChI=1S/C11H14N2O/c1-7-4-5-13-11(12)10(7)8-2-3-9(14)6-8/h4-6,9,14H,2-3H2,1H3,(H2,12,13). The summed E-state index contributed by atoms with van der Waals surface area (Å²) >= 11 is 0. The van der Waals surface area contributed by atoms with Crippen LogP contribution in [0.1, 0.15) is 24.0 Å².